The van der Waals surface area contributed by atoms with Crippen molar-refractivity contribution in [2.75, 3.05) is 13.2 Å². The summed E-state index contributed by atoms with van der Waals surface area (Å²) >= 11 is 8.97. The Morgan fingerprint density at radius 3 is 2.79 bits per heavy atom. The molecule has 0 radical (unpaired) electrons. The molecule has 1 aliphatic heterocycles. The highest BCUT2D eigenvalue weighted by Gasteiger charge is 2.32. The molecule has 6 nitrogen and oxygen atoms in total. The van der Waals surface area contributed by atoms with E-state index in [9.17, 15) is 4.79 Å². The van der Waals surface area contributed by atoms with Gasteiger partial charge in [-0.2, -0.15) is 4.99 Å². The standard InChI is InChI=1S/C25H22ClN3O3S2/c1-3-12-29-23(30)22(34-25(29)28-24-27-11-13-33-24)15-17-9-10-20(21(14-17)31-4-2)32-16-18-7-5-6-8-19(18)26/h3,5-11,13-15H,1,4,12,16H2,2H3/b22-15-,28-25+. The van der Waals surface area contributed by atoms with Gasteiger partial charge in [-0.15, -0.1) is 17.9 Å². The SMILES string of the molecule is C=CCN1C(=O)/C(=C/c2ccc(OCc3ccccc3Cl)c(OCC)c2)S/C1=N/c1nccs1. The number of hydrogen-bond acceptors (Lipinski definition) is 7. The van der Waals surface area contributed by atoms with Gasteiger partial charge in [0.25, 0.3) is 5.91 Å². The van der Waals surface area contributed by atoms with Crippen molar-refractivity contribution in [3.8, 4) is 11.5 Å². The Kier molecular flexibility index (Phi) is 8.05. The highest BCUT2D eigenvalue weighted by molar-refractivity contribution is 8.18. The van der Waals surface area contributed by atoms with E-state index in [1.165, 1.54) is 23.1 Å². The van der Waals surface area contributed by atoms with Crippen LogP contribution in [0.5, 0.6) is 11.5 Å². The van der Waals surface area contributed by atoms with Gasteiger partial charge in [0.15, 0.2) is 16.7 Å². The van der Waals surface area contributed by atoms with Gasteiger partial charge in [-0.25, -0.2) is 4.98 Å². The molecule has 1 aliphatic rings. The van der Waals surface area contributed by atoms with Crippen LogP contribution in [0.25, 0.3) is 6.08 Å². The van der Waals surface area contributed by atoms with E-state index in [1.54, 1.807) is 17.2 Å². The third kappa shape index (κ3) is 5.70. The maximum atomic E-state index is 13.0. The number of nitrogens with zero attached hydrogens (tertiary/aromatic N) is 3. The van der Waals surface area contributed by atoms with Gasteiger partial charge in [0.2, 0.25) is 5.13 Å². The minimum atomic E-state index is -0.128. The first kappa shape index (κ1) is 24.1. The van der Waals surface area contributed by atoms with Crippen LogP contribution in [0.3, 0.4) is 0 Å². The van der Waals surface area contributed by atoms with Crippen molar-refractivity contribution in [1.82, 2.24) is 9.88 Å². The van der Waals surface area contributed by atoms with E-state index in [2.05, 4.69) is 16.6 Å². The Labute approximate surface area is 211 Å². The smallest absolute Gasteiger partial charge is 0.267 e. The van der Waals surface area contributed by atoms with Gasteiger partial charge >= 0.3 is 0 Å². The zero-order valence-corrected chi connectivity index (χ0v) is 20.8. The molecule has 0 N–H and O–H groups in total. The van der Waals surface area contributed by atoms with Crippen molar-refractivity contribution in [3.63, 3.8) is 0 Å². The summed E-state index contributed by atoms with van der Waals surface area (Å²) in [6, 6.07) is 13.1. The first-order valence-corrected chi connectivity index (χ1v) is 12.6. The highest BCUT2D eigenvalue weighted by atomic mass is 35.5. The van der Waals surface area contributed by atoms with E-state index in [0.717, 1.165) is 11.1 Å². The fourth-order valence-electron chi connectivity index (χ4n) is 3.16. The third-order valence-corrected chi connectivity index (χ3v) is 6.76. The number of aromatic nitrogens is 1. The molecule has 0 atom stereocenters. The lowest BCUT2D eigenvalue weighted by atomic mass is 10.1. The van der Waals surface area contributed by atoms with Crippen molar-refractivity contribution in [2.45, 2.75) is 13.5 Å². The second-order valence-electron chi connectivity index (χ2n) is 7.04. The molecule has 2 heterocycles. The zero-order valence-electron chi connectivity index (χ0n) is 18.4. The van der Waals surface area contributed by atoms with Crippen molar-refractivity contribution < 1.29 is 14.3 Å². The van der Waals surface area contributed by atoms with Crippen LogP contribution in [0.1, 0.15) is 18.1 Å². The van der Waals surface area contributed by atoms with Crippen LogP contribution >= 0.6 is 34.7 Å². The van der Waals surface area contributed by atoms with Crippen LogP contribution in [-0.2, 0) is 11.4 Å². The molecular formula is C25H22ClN3O3S2. The number of amidine groups is 1. The largest absolute Gasteiger partial charge is 0.490 e. The number of halogens is 1. The number of thioether (sulfide) groups is 1. The van der Waals surface area contributed by atoms with Gasteiger partial charge in [0.05, 0.1) is 11.5 Å². The fourth-order valence-corrected chi connectivity index (χ4v) is 4.90. The number of hydrogen-bond donors (Lipinski definition) is 0. The summed E-state index contributed by atoms with van der Waals surface area (Å²) in [6.45, 7) is 6.84. The maximum absolute atomic E-state index is 13.0. The van der Waals surface area contributed by atoms with Crippen LogP contribution in [-0.4, -0.2) is 34.1 Å². The van der Waals surface area contributed by atoms with E-state index in [1.807, 2.05) is 60.8 Å². The van der Waals surface area contributed by atoms with Crippen molar-refractivity contribution in [2.24, 2.45) is 4.99 Å². The Hall–Kier alpha value is -3.07. The lowest BCUT2D eigenvalue weighted by Crippen LogP contribution is -2.29. The Morgan fingerprint density at radius 1 is 1.21 bits per heavy atom. The number of carbonyl (C=O) groups is 1. The Bertz CT molecular complexity index is 1240. The summed E-state index contributed by atoms with van der Waals surface area (Å²) in [4.78, 5) is 23.9. The first-order chi connectivity index (χ1) is 16.6. The summed E-state index contributed by atoms with van der Waals surface area (Å²) in [5, 5.41) is 3.68. The molecular weight excluding hydrogens is 490 g/mol. The fraction of sp³-hybridized carbons (Fsp3) is 0.160. The van der Waals surface area contributed by atoms with E-state index >= 15 is 0 Å². The number of ether oxygens (including phenoxy) is 2. The lowest BCUT2D eigenvalue weighted by Gasteiger charge is -2.13. The molecule has 9 heteroatoms. The molecule has 0 spiro atoms. The minimum Gasteiger partial charge on any atom is -0.490 e. The quantitative estimate of drug-likeness (QED) is 0.240. The molecule has 1 saturated heterocycles. The monoisotopic (exact) mass is 511 g/mol. The molecule has 1 fully saturated rings. The summed E-state index contributed by atoms with van der Waals surface area (Å²) in [5.74, 6) is 1.07. The summed E-state index contributed by atoms with van der Waals surface area (Å²) < 4.78 is 11.8. The molecule has 34 heavy (non-hydrogen) atoms. The zero-order chi connectivity index (χ0) is 23.9. The van der Waals surface area contributed by atoms with E-state index < -0.39 is 0 Å². The number of aliphatic imine (C=N–C) groups is 1. The molecule has 0 aliphatic carbocycles. The Morgan fingerprint density at radius 2 is 2.06 bits per heavy atom. The molecule has 2 aromatic carbocycles. The second kappa shape index (κ2) is 11.4. The normalized spacial score (nSPS) is 15.8. The second-order valence-corrected chi connectivity index (χ2v) is 9.33. The average Bonchev–Trinajstić information content (AvgIpc) is 3.44. The molecule has 4 rings (SSSR count). The van der Waals surface area contributed by atoms with Crippen LogP contribution in [0.15, 0.2) is 76.6 Å². The molecule has 174 valence electrons. The van der Waals surface area contributed by atoms with Crippen molar-refractivity contribution in [1.29, 1.82) is 0 Å². The molecule has 1 aromatic heterocycles. The van der Waals surface area contributed by atoms with E-state index in [0.29, 0.717) is 51.5 Å². The average molecular weight is 512 g/mol. The van der Waals surface area contributed by atoms with Crippen LogP contribution in [0, 0.1) is 0 Å². The predicted molar refractivity (Wildman–Crippen MR) is 140 cm³/mol. The molecule has 0 bridgehead atoms. The van der Waals surface area contributed by atoms with Crippen LogP contribution in [0.2, 0.25) is 5.02 Å². The van der Waals surface area contributed by atoms with Crippen LogP contribution < -0.4 is 9.47 Å². The lowest BCUT2D eigenvalue weighted by molar-refractivity contribution is -0.121. The first-order valence-electron chi connectivity index (χ1n) is 10.5. The van der Waals surface area contributed by atoms with Crippen LogP contribution in [0.4, 0.5) is 5.13 Å². The van der Waals surface area contributed by atoms with Gasteiger partial charge in [-0.3, -0.25) is 9.69 Å². The van der Waals surface area contributed by atoms with Gasteiger partial charge in [0, 0.05) is 28.7 Å². The number of thiazole rings is 1. The number of rotatable bonds is 9. The predicted octanol–water partition coefficient (Wildman–Crippen LogP) is 6.56. The topological polar surface area (TPSA) is 64.0 Å². The summed E-state index contributed by atoms with van der Waals surface area (Å²) in [6.07, 6.45) is 5.19. The van der Waals surface area contributed by atoms with Gasteiger partial charge in [0.1, 0.15) is 6.61 Å². The van der Waals surface area contributed by atoms with E-state index in [-0.39, 0.29) is 5.91 Å². The molecule has 3 aromatic rings. The van der Waals surface area contributed by atoms with Gasteiger partial charge < -0.3 is 9.47 Å². The van der Waals surface area contributed by atoms with Crippen molar-refractivity contribution in [3.05, 3.63) is 87.8 Å². The highest BCUT2D eigenvalue weighted by Crippen LogP contribution is 2.36. The van der Waals surface area contributed by atoms with Crippen molar-refractivity contribution >= 4 is 57.0 Å². The molecule has 0 unspecified atom stereocenters. The Balaban J connectivity index is 1.58. The third-order valence-electron chi connectivity index (χ3n) is 4.72. The minimum absolute atomic E-state index is 0.128. The number of amides is 1. The molecule has 1 amide bonds. The van der Waals surface area contributed by atoms with Gasteiger partial charge in [-0.1, -0.05) is 41.9 Å². The molecule has 0 saturated carbocycles. The van der Waals surface area contributed by atoms with E-state index in [4.69, 9.17) is 21.1 Å². The number of benzene rings is 2. The van der Waals surface area contributed by atoms with Gasteiger partial charge in [-0.05, 0) is 48.5 Å². The summed E-state index contributed by atoms with van der Waals surface area (Å²) in [7, 11) is 0. The summed E-state index contributed by atoms with van der Waals surface area (Å²) in [5.41, 5.74) is 1.71. The maximum Gasteiger partial charge on any atom is 0.267 e. The number of carbonyl (C=O) groups excluding carboxylic acids is 1.